The van der Waals surface area contributed by atoms with E-state index in [0.29, 0.717) is 0 Å². The van der Waals surface area contributed by atoms with Gasteiger partial charge < -0.3 is 0 Å². The van der Waals surface area contributed by atoms with Crippen LogP contribution in [0.3, 0.4) is 0 Å². The zero-order valence-electron chi connectivity index (χ0n) is 23.1. The highest BCUT2D eigenvalue weighted by molar-refractivity contribution is 5.35. The predicted octanol–water partition coefficient (Wildman–Crippen LogP) is 11.0. The maximum absolute atomic E-state index is 2.31. The summed E-state index contributed by atoms with van der Waals surface area (Å²) >= 11 is 0. The molecule has 0 saturated heterocycles. The molecule has 1 aliphatic rings. The van der Waals surface area contributed by atoms with Gasteiger partial charge >= 0.3 is 0 Å². The molecule has 0 aromatic heterocycles. The molecule has 0 heterocycles. The minimum Gasteiger partial charge on any atom is -0.0874 e. The van der Waals surface area contributed by atoms with E-state index in [1.54, 1.807) is 5.57 Å². The van der Waals surface area contributed by atoms with E-state index in [0.717, 1.165) is 0 Å². The first kappa shape index (κ1) is 29.9. The van der Waals surface area contributed by atoms with Gasteiger partial charge in [-0.3, -0.25) is 0 Å². The van der Waals surface area contributed by atoms with Gasteiger partial charge in [-0.25, -0.2) is 0 Å². The van der Waals surface area contributed by atoms with Crippen LogP contribution in [0.2, 0.25) is 0 Å². The fourth-order valence-electron chi connectivity index (χ4n) is 3.55. The molecule has 0 unspecified atom stereocenters. The van der Waals surface area contributed by atoms with Gasteiger partial charge in [0.25, 0.3) is 0 Å². The number of hydrogen-bond donors (Lipinski definition) is 0. The maximum atomic E-state index is 2.31. The van der Waals surface area contributed by atoms with Crippen LogP contribution in [0.1, 0.15) is 74.1 Å². The minimum absolute atomic E-state index is 1.22. The fourth-order valence-corrected chi connectivity index (χ4v) is 3.55. The molecule has 186 valence electrons. The normalized spacial score (nSPS) is 18.3. The van der Waals surface area contributed by atoms with Gasteiger partial charge in [0.15, 0.2) is 0 Å². The van der Waals surface area contributed by atoms with Crippen LogP contribution in [-0.2, 0) is 0 Å². The highest BCUT2D eigenvalue weighted by atomic mass is 14.1. The summed E-state index contributed by atoms with van der Waals surface area (Å²) in [5.41, 5.74) is 9.28. The number of hydrogen-bond acceptors (Lipinski definition) is 0. The van der Waals surface area contributed by atoms with Crippen molar-refractivity contribution in [3.8, 4) is 0 Å². The molecular formula is C35H46. The van der Waals surface area contributed by atoms with Gasteiger partial charge in [0.1, 0.15) is 0 Å². The number of rotatable bonds is 11. The monoisotopic (exact) mass is 466 g/mol. The van der Waals surface area contributed by atoms with E-state index in [2.05, 4.69) is 145 Å². The van der Waals surface area contributed by atoms with Crippen LogP contribution in [0, 0.1) is 0 Å². The molecule has 0 aliphatic heterocycles. The lowest BCUT2D eigenvalue weighted by Gasteiger charge is -2.14. The summed E-state index contributed by atoms with van der Waals surface area (Å²) in [5.74, 6) is 0. The Hall–Kier alpha value is -3.12. The third kappa shape index (κ3) is 15.4. The van der Waals surface area contributed by atoms with E-state index in [1.165, 1.54) is 59.1 Å². The summed E-state index contributed by atoms with van der Waals surface area (Å²) in [5, 5.41) is 0. The summed E-state index contributed by atoms with van der Waals surface area (Å²) in [7, 11) is 0. The lowest BCUT2D eigenvalue weighted by atomic mass is 9.92. The van der Waals surface area contributed by atoms with Crippen LogP contribution < -0.4 is 0 Å². The second kappa shape index (κ2) is 18.2. The molecule has 0 nitrogen and oxygen atoms in total. The lowest BCUT2D eigenvalue weighted by molar-refractivity contribution is 0.683. The minimum atomic E-state index is 1.22. The van der Waals surface area contributed by atoms with E-state index < -0.39 is 0 Å². The van der Waals surface area contributed by atoms with Gasteiger partial charge in [0.05, 0.1) is 0 Å². The van der Waals surface area contributed by atoms with Gasteiger partial charge in [-0.2, -0.15) is 0 Å². The van der Waals surface area contributed by atoms with Gasteiger partial charge in [-0.1, -0.05) is 137 Å². The van der Waals surface area contributed by atoms with Crippen molar-refractivity contribution in [1.82, 2.24) is 0 Å². The third-order valence-corrected chi connectivity index (χ3v) is 5.76. The van der Waals surface area contributed by atoms with Crippen LogP contribution in [0.25, 0.3) is 0 Å². The Bertz CT molecular complexity index is 1030. The molecule has 0 aromatic rings. The van der Waals surface area contributed by atoms with Crippen LogP contribution in [-0.4, -0.2) is 0 Å². The molecule has 0 spiro atoms. The zero-order valence-corrected chi connectivity index (χ0v) is 23.1. The van der Waals surface area contributed by atoms with Crippen molar-refractivity contribution in [3.63, 3.8) is 0 Å². The molecule has 0 heteroatoms. The molecule has 1 aliphatic carbocycles. The van der Waals surface area contributed by atoms with Crippen molar-refractivity contribution in [2.75, 3.05) is 0 Å². The number of allylic oxidation sites excluding steroid dienone is 24. The van der Waals surface area contributed by atoms with E-state index >= 15 is 0 Å². The standard InChI is InChI=1S/C35H46/c1-8-16-29(2)19-13-22-32(5)23-14-20-30(3)17-9-10-18-31(4)21-15-24-33(6)27-28-35-26-12-11-25-34(35)7/h8-10,13-24,27-28H,11-12,25-26H2,1-7H3/b10-9+,16-8+,20-14+,21-15+,22-13+,28-27+,29-19+,30-17-,31-18+,32-23+,33-24+. The molecule has 35 heavy (non-hydrogen) atoms. The van der Waals surface area contributed by atoms with Gasteiger partial charge in [0.2, 0.25) is 0 Å². The van der Waals surface area contributed by atoms with Crippen molar-refractivity contribution >= 4 is 0 Å². The average molecular weight is 467 g/mol. The first-order valence-corrected chi connectivity index (χ1v) is 12.9. The van der Waals surface area contributed by atoms with E-state index in [1.807, 2.05) is 6.92 Å². The van der Waals surface area contributed by atoms with Gasteiger partial charge in [0, 0.05) is 0 Å². The Morgan fingerprint density at radius 3 is 1.37 bits per heavy atom. The molecule has 0 atom stereocenters. The van der Waals surface area contributed by atoms with Crippen LogP contribution in [0.4, 0.5) is 0 Å². The molecule has 0 radical (unpaired) electrons. The quantitative estimate of drug-likeness (QED) is 0.266. The second-order valence-electron chi connectivity index (χ2n) is 9.36. The highest BCUT2D eigenvalue weighted by Crippen LogP contribution is 2.25. The van der Waals surface area contributed by atoms with Gasteiger partial charge in [-0.15, -0.1) is 0 Å². The maximum Gasteiger partial charge on any atom is -0.0279 e. The molecule has 1 rings (SSSR count). The molecule has 0 amide bonds. The highest BCUT2D eigenvalue weighted by Gasteiger charge is 2.05. The first-order valence-electron chi connectivity index (χ1n) is 12.9. The van der Waals surface area contributed by atoms with Crippen molar-refractivity contribution in [2.24, 2.45) is 0 Å². The summed E-state index contributed by atoms with van der Waals surface area (Å²) in [6.07, 6.45) is 41.5. The summed E-state index contributed by atoms with van der Waals surface area (Å²) in [4.78, 5) is 0. The van der Waals surface area contributed by atoms with Crippen molar-refractivity contribution in [2.45, 2.75) is 74.1 Å². The Morgan fingerprint density at radius 2 is 0.914 bits per heavy atom. The van der Waals surface area contributed by atoms with Crippen LogP contribution >= 0.6 is 0 Å². The Kier molecular flexibility index (Phi) is 15.6. The average Bonchev–Trinajstić information content (AvgIpc) is 2.81. The lowest BCUT2D eigenvalue weighted by Crippen LogP contribution is -1.94. The van der Waals surface area contributed by atoms with E-state index in [4.69, 9.17) is 0 Å². The van der Waals surface area contributed by atoms with Crippen molar-refractivity contribution in [3.05, 3.63) is 142 Å². The molecule has 0 saturated carbocycles. The summed E-state index contributed by atoms with van der Waals surface area (Å²) in [6, 6.07) is 0. The van der Waals surface area contributed by atoms with Crippen molar-refractivity contribution in [1.29, 1.82) is 0 Å². The smallest absolute Gasteiger partial charge is 0.0279 e. The summed E-state index contributed by atoms with van der Waals surface area (Å²) < 4.78 is 0. The Morgan fingerprint density at radius 1 is 0.514 bits per heavy atom. The topological polar surface area (TPSA) is 0 Å². The van der Waals surface area contributed by atoms with Crippen LogP contribution in [0.15, 0.2) is 142 Å². The summed E-state index contributed by atoms with van der Waals surface area (Å²) in [6.45, 7) is 14.9. The molecule has 0 bridgehead atoms. The van der Waals surface area contributed by atoms with E-state index in [9.17, 15) is 0 Å². The molecule has 0 fully saturated rings. The molecule has 0 aromatic carbocycles. The molecular weight excluding hydrogens is 420 g/mol. The Labute approximate surface area is 216 Å². The fraction of sp³-hybridized carbons (Fsp3) is 0.314. The SMILES string of the molecule is C/C=C/C(C)=C/C=C/C(C)=C/C=C/C(C)=C\C=C\C=C(C)\C=C\C=C(C)\C=C\C1=C(C)CCCC1. The third-order valence-electron chi connectivity index (χ3n) is 5.76. The second-order valence-corrected chi connectivity index (χ2v) is 9.36. The molecule has 0 N–H and O–H groups in total. The predicted molar refractivity (Wildman–Crippen MR) is 160 cm³/mol. The van der Waals surface area contributed by atoms with Crippen LogP contribution in [0.5, 0.6) is 0 Å². The van der Waals surface area contributed by atoms with Gasteiger partial charge in [-0.05, 0) is 79.7 Å². The zero-order chi connectivity index (χ0) is 25.9. The largest absolute Gasteiger partial charge is 0.0874 e. The first-order chi connectivity index (χ1) is 16.8. The van der Waals surface area contributed by atoms with E-state index in [-0.39, 0.29) is 0 Å². The Balaban J connectivity index is 2.55. The van der Waals surface area contributed by atoms with Crippen molar-refractivity contribution < 1.29 is 0 Å².